The van der Waals surface area contributed by atoms with Gasteiger partial charge in [-0.15, -0.1) is 0 Å². The molecule has 31 heavy (non-hydrogen) atoms. The van der Waals surface area contributed by atoms with E-state index in [0.717, 1.165) is 16.1 Å². The van der Waals surface area contributed by atoms with Gasteiger partial charge in [-0.05, 0) is 55.8 Å². The van der Waals surface area contributed by atoms with Gasteiger partial charge < -0.3 is 19.5 Å². The predicted molar refractivity (Wildman–Crippen MR) is 120 cm³/mol. The van der Waals surface area contributed by atoms with Crippen LogP contribution < -0.4 is 23.8 Å². The third-order valence-corrected chi connectivity index (χ3v) is 6.10. The molecule has 2 aromatic rings. The molecule has 0 spiro atoms. The zero-order valence-electron chi connectivity index (χ0n) is 18.7. The molecule has 0 unspecified atom stereocenters. The van der Waals surface area contributed by atoms with E-state index in [1.807, 2.05) is 0 Å². The molecule has 0 saturated carbocycles. The molecule has 0 saturated heterocycles. The van der Waals surface area contributed by atoms with Crippen molar-refractivity contribution in [2.75, 3.05) is 31.9 Å². The molecule has 0 aromatic heterocycles. The standard InChI is InChI=1S/C22H30N2O6S/c1-7-20(24(31(6,26)27)16-8-10-17(28-3)11-9-16)22(25)23-15(2)19-14-18(29-4)12-13-21(19)30-5/h8-15,20H,7H2,1-6H3,(H,23,25)/t15-,20+/m1/s1. The largest absolute Gasteiger partial charge is 0.497 e. The highest BCUT2D eigenvalue weighted by Gasteiger charge is 2.32. The van der Waals surface area contributed by atoms with Gasteiger partial charge in [-0.25, -0.2) is 8.42 Å². The second-order valence-corrected chi connectivity index (χ2v) is 8.88. The molecule has 170 valence electrons. The lowest BCUT2D eigenvalue weighted by Gasteiger charge is -2.31. The SMILES string of the molecule is CC[C@@H](C(=O)N[C@H](C)c1cc(OC)ccc1OC)N(c1ccc(OC)cc1)S(C)(=O)=O. The van der Waals surface area contributed by atoms with Crippen molar-refractivity contribution in [2.24, 2.45) is 0 Å². The molecular weight excluding hydrogens is 420 g/mol. The van der Waals surface area contributed by atoms with E-state index in [9.17, 15) is 13.2 Å². The second kappa shape index (κ2) is 10.4. The van der Waals surface area contributed by atoms with E-state index in [-0.39, 0.29) is 6.42 Å². The first kappa shape index (κ1) is 24.3. The predicted octanol–water partition coefficient (Wildman–Crippen LogP) is 3.13. The van der Waals surface area contributed by atoms with E-state index in [1.54, 1.807) is 70.5 Å². The summed E-state index contributed by atoms with van der Waals surface area (Å²) in [5, 5.41) is 2.91. The summed E-state index contributed by atoms with van der Waals surface area (Å²) in [6.45, 7) is 3.57. The fourth-order valence-corrected chi connectivity index (χ4v) is 4.57. The summed E-state index contributed by atoms with van der Waals surface area (Å²) >= 11 is 0. The van der Waals surface area contributed by atoms with Gasteiger partial charge in [-0.3, -0.25) is 9.10 Å². The monoisotopic (exact) mass is 450 g/mol. The van der Waals surface area contributed by atoms with Gasteiger partial charge in [0.1, 0.15) is 23.3 Å². The maximum atomic E-state index is 13.2. The van der Waals surface area contributed by atoms with Crippen LogP contribution in [0.4, 0.5) is 5.69 Å². The van der Waals surface area contributed by atoms with E-state index in [0.29, 0.717) is 22.9 Å². The highest BCUT2D eigenvalue weighted by Crippen LogP contribution is 2.30. The van der Waals surface area contributed by atoms with Gasteiger partial charge in [0, 0.05) is 5.56 Å². The van der Waals surface area contributed by atoms with Crippen LogP contribution in [0, 0.1) is 0 Å². The normalized spacial score (nSPS) is 13.1. The fourth-order valence-electron chi connectivity index (χ4n) is 3.35. The van der Waals surface area contributed by atoms with E-state index < -0.39 is 28.0 Å². The van der Waals surface area contributed by atoms with E-state index in [4.69, 9.17) is 14.2 Å². The highest BCUT2D eigenvalue weighted by atomic mass is 32.2. The van der Waals surface area contributed by atoms with Gasteiger partial charge in [0.05, 0.1) is 39.3 Å². The molecule has 1 N–H and O–H groups in total. The zero-order chi connectivity index (χ0) is 23.2. The van der Waals surface area contributed by atoms with Crippen LogP contribution in [-0.2, 0) is 14.8 Å². The maximum Gasteiger partial charge on any atom is 0.244 e. The van der Waals surface area contributed by atoms with Gasteiger partial charge in [0.25, 0.3) is 0 Å². The number of anilines is 1. The number of carbonyl (C=O) groups excluding carboxylic acids is 1. The summed E-state index contributed by atoms with van der Waals surface area (Å²) in [6.07, 6.45) is 1.37. The number of nitrogens with zero attached hydrogens (tertiary/aromatic N) is 1. The third-order valence-electron chi connectivity index (χ3n) is 4.92. The van der Waals surface area contributed by atoms with E-state index >= 15 is 0 Å². The summed E-state index contributed by atoms with van der Waals surface area (Å²) in [5.41, 5.74) is 1.11. The number of hydrogen-bond donors (Lipinski definition) is 1. The number of carbonyl (C=O) groups is 1. The van der Waals surface area contributed by atoms with Crippen LogP contribution in [0.3, 0.4) is 0 Å². The first-order valence-electron chi connectivity index (χ1n) is 9.82. The fraction of sp³-hybridized carbons (Fsp3) is 0.409. The van der Waals surface area contributed by atoms with Crippen molar-refractivity contribution in [3.8, 4) is 17.2 Å². The number of benzene rings is 2. The minimum atomic E-state index is -3.73. The van der Waals surface area contributed by atoms with Crippen molar-refractivity contribution in [3.05, 3.63) is 48.0 Å². The Labute approximate surface area is 184 Å². The molecular formula is C22H30N2O6S. The lowest BCUT2D eigenvalue weighted by molar-refractivity contribution is -0.122. The smallest absolute Gasteiger partial charge is 0.244 e. The molecule has 9 heteroatoms. The molecule has 8 nitrogen and oxygen atoms in total. The van der Waals surface area contributed by atoms with Crippen molar-refractivity contribution in [3.63, 3.8) is 0 Å². The Morgan fingerprint density at radius 2 is 1.58 bits per heavy atom. The van der Waals surface area contributed by atoms with Crippen LogP contribution in [-0.4, -0.2) is 48.0 Å². The number of sulfonamides is 1. The number of ether oxygens (including phenoxy) is 3. The van der Waals surface area contributed by atoms with Crippen molar-refractivity contribution < 1.29 is 27.4 Å². The zero-order valence-corrected chi connectivity index (χ0v) is 19.5. The number of hydrogen-bond acceptors (Lipinski definition) is 6. The number of rotatable bonds is 10. The Bertz CT molecular complexity index is 992. The molecule has 1 amide bonds. The molecule has 2 aromatic carbocycles. The van der Waals surface area contributed by atoms with Crippen LogP contribution >= 0.6 is 0 Å². The lowest BCUT2D eigenvalue weighted by Crippen LogP contribution is -2.49. The minimum Gasteiger partial charge on any atom is -0.497 e. The molecule has 2 rings (SSSR count). The van der Waals surface area contributed by atoms with E-state index in [1.165, 1.54) is 7.11 Å². The Hall–Kier alpha value is -2.94. The average molecular weight is 451 g/mol. The molecule has 2 atom stereocenters. The van der Waals surface area contributed by atoms with Crippen LogP contribution in [0.2, 0.25) is 0 Å². The Kier molecular flexibility index (Phi) is 8.15. The summed E-state index contributed by atoms with van der Waals surface area (Å²) in [7, 11) is 0.899. The molecule has 0 fully saturated rings. The molecule has 0 radical (unpaired) electrons. The topological polar surface area (TPSA) is 94.2 Å². The summed E-state index contributed by atoms with van der Waals surface area (Å²) in [4.78, 5) is 13.2. The third kappa shape index (κ3) is 5.81. The minimum absolute atomic E-state index is 0.285. The summed E-state index contributed by atoms with van der Waals surface area (Å²) in [5.74, 6) is 1.39. The van der Waals surface area contributed by atoms with Gasteiger partial charge in [0.15, 0.2) is 0 Å². The maximum absolute atomic E-state index is 13.2. The van der Waals surface area contributed by atoms with Crippen LogP contribution in [0.5, 0.6) is 17.2 Å². The average Bonchev–Trinajstić information content (AvgIpc) is 2.75. The lowest BCUT2D eigenvalue weighted by atomic mass is 10.1. The quantitative estimate of drug-likeness (QED) is 0.598. The first-order valence-corrected chi connectivity index (χ1v) is 11.7. The van der Waals surface area contributed by atoms with Crippen LogP contribution in [0.25, 0.3) is 0 Å². The van der Waals surface area contributed by atoms with Gasteiger partial charge in [-0.1, -0.05) is 6.92 Å². The molecule has 0 aliphatic rings. The van der Waals surface area contributed by atoms with Crippen LogP contribution in [0.15, 0.2) is 42.5 Å². The number of amides is 1. The molecule has 0 heterocycles. The highest BCUT2D eigenvalue weighted by molar-refractivity contribution is 7.92. The van der Waals surface area contributed by atoms with Gasteiger partial charge in [0.2, 0.25) is 15.9 Å². The summed E-state index contributed by atoms with van der Waals surface area (Å²) in [6, 6.07) is 10.5. The van der Waals surface area contributed by atoms with E-state index in [2.05, 4.69) is 5.32 Å². The van der Waals surface area contributed by atoms with Gasteiger partial charge >= 0.3 is 0 Å². The second-order valence-electron chi connectivity index (χ2n) is 7.02. The summed E-state index contributed by atoms with van der Waals surface area (Å²) < 4.78 is 42.2. The first-order chi connectivity index (χ1) is 14.7. The Morgan fingerprint density at radius 3 is 2.06 bits per heavy atom. The Balaban J connectivity index is 2.35. The molecule has 0 aliphatic carbocycles. The van der Waals surface area contributed by atoms with Gasteiger partial charge in [-0.2, -0.15) is 0 Å². The van der Waals surface area contributed by atoms with Crippen molar-refractivity contribution in [1.29, 1.82) is 0 Å². The number of methoxy groups -OCH3 is 3. The molecule has 0 aliphatic heterocycles. The van der Waals surface area contributed by atoms with Crippen molar-refractivity contribution in [1.82, 2.24) is 5.32 Å². The Morgan fingerprint density at radius 1 is 1.00 bits per heavy atom. The van der Waals surface area contributed by atoms with Crippen molar-refractivity contribution >= 4 is 21.6 Å². The van der Waals surface area contributed by atoms with Crippen LogP contribution in [0.1, 0.15) is 31.9 Å². The number of nitrogens with one attached hydrogen (secondary N) is 1. The molecule has 0 bridgehead atoms. The van der Waals surface area contributed by atoms with Crippen molar-refractivity contribution in [2.45, 2.75) is 32.4 Å².